The summed E-state index contributed by atoms with van der Waals surface area (Å²) in [6, 6.07) is 5.59. The summed E-state index contributed by atoms with van der Waals surface area (Å²) < 4.78 is 5.37. The van der Waals surface area contributed by atoms with Gasteiger partial charge in [0.15, 0.2) is 0 Å². The van der Waals surface area contributed by atoms with E-state index in [1.54, 1.807) is 12.0 Å². The molecule has 1 saturated carbocycles. The monoisotopic (exact) mass is 304 g/mol. The highest BCUT2D eigenvalue weighted by Crippen LogP contribution is 2.38. The second-order valence-electron chi connectivity index (χ2n) is 6.19. The first-order valence-electron chi connectivity index (χ1n) is 8.06. The molecule has 2 amide bonds. The molecule has 1 aliphatic carbocycles. The fourth-order valence-electron chi connectivity index (χ4n) is 3.82. The largest absolute Gasteiger partial charge is 0.496 e. The molecule has 0 aromatic heterocycles. The van der Waals surface area contributed by atoms with Crippen molar-refractivity contribution in [3.05, 3.63) is 23.8 Å². The third kappa shape index (κ3) is 2.65. The maximum absolute atomic E-state index is 12.5. The molecule has 2 aliphatic rings. The van der Waals surface area contributed by atoms with Gasteiger partial charge in [0.05, 0.1) is 19.3 Å². The summed E-state index contributed by atoms with van der Waals surface area (Å²) >= 11 is 0. The van der Waals surface area contributed by atoms with Crippen LogP contribution < -0.4 is 10.1 Å². The van der Waals surface area contributed by atoms with Gasteiger partial charge in [-0.2, -0.15) is 0 Å². The van der Waals surface area contributed by atoms with Crippen LogP contribution in [-0.2, 0) is 6.42 Å². The van der Waals surface area contributed by atoms with Gasteiger partial charge in [-0.25, -0.2) is 4.79 Å². The number of aryl methyl sites for hydroxylation is 1. The predicted molar refractivity (Wildman–Crippen MR) is 85.2 cm³/mol. The second kappa shape index (κ2) is 6.16. The number of amides is 2. The number of nitrogens with one attached hydrogen (secondary N) is 1. The van der Waals surface area contributed by atoms with E-state index in [1.165, 1.54) is 0 Å². The van der Waals surface area contributed by atoms with Crippen LogP contribution in [0.3, 0.4) is 0 Å². The van der Waals surface area contributed by atoms with Crippen molar-refractivity contribution in [1.82, 2.24) is 4.90 Å². The number of carbonyl (C=O) groups excluding carboxylic acids is 1. The quantitative estimate of drug-likeness (QED) is 0.902. The number of rotatable bonds is 3. The van der Waals surface area contributed by atoms with E-state index in [9.17, 15) is 9.90 Å². The topological polar surface area (TPSA) is 61.8 Å². The summed E-state index contributed by atoms with van der Waals surface area (Å²) in [7, 11) is 1.64. The van der Waals surface area contributed by atoms with Gasteiger partial charge >= 0.3 is 6.03 Å². The molecule has 0 unspecified atom stereocenters. The minimum atomic E-state index is -0.379. The van der Waals surface area contributed by atoms with Gasteiger partial charge in [0, 0.05) is 18.3 Å². The number of carbonyl (C=O) groups is 1. The Morgan fingerprint density at radius 2 is 2.23 bits per heavy atom. The van der Waals surface area contributed by atoms with Crippen molar-refractivity contribution in [2.75, 3.05) is 19.0 Å². The lowest BCUT2D eigenvalue weighted by Crippen LogP contribution is -2.44. The number of anilines is 1. The Morgan fingerprint density at radius 3 is 2.95 bits per heavy atom. The lowest BCUT2D eigenvalue weighted by atomic mass is 10.0. The van der Waals surface area contributed by atoms with E-state index in [-0.39, 0.29) is 18.2 Å². The number of fused-ring (bicyclic) bond motifs is 1. The molecule has 5 heteroatoms. The zero-order valence-corrected chi connectivity index (χ0v) is 13.2. The number of aliphatic hydroxyl groups is 1. The van der Waals surface area contributed by atoms with Crippen molar-refractivity contribution in [2.45, 2.75) is 44.8 Å². The van der Waals surface area contributed by atoms with Gasteiger partial charge in [-0.05, 0) is 43.2 Å². The van der Waals surface area contributed by atoms with Crippen LogP contribution in [-0.4, -0.2) is 41.8 Å². The Bertz CT molecular complexity index is 561. The average molecular weight is 304 g/mol. The van der Waals surface area contributed by atoms with E-state index >= 15 is 0 Å². The first-order chi connectivity index (χ1) is 10.6. The van der Waals surface area contributed by atoms with Crippen LogP contribution in [0.2, 0.25) is 0 Å². The summed E-state index contributed by atoms with van der Waals surface area (Å²) in [5, 5.41) is 13.0. The van der Waals surface area contributed by atoms with E-state index in [4.69, 9.17) is 4.74 Å². The van der Waals surface area contributed by atoms with Gasteiger partial charge in [-0.15, -0.1) is 0 Å². The van der Waals surface area contributed by atoms with Crippen molar-refractivity contribution in [3.63, 3.8) is 0 Å². The molecular formula is C17H24N2O3. The van der Waals surface area contributed by atoms with Gasteiger partial charge in [0.2, 0.25) is 0 Å². The number of hydrogen-bond acceptors (Lipinski definition) is 3. The van der Waals surface area contributed by atoms with Crippen LogP contribution in [0.1, 0.15) is 31.7 Å². The predicted octanol–water partition coefficient (Wildman–Crippen LogP) is 2.63. The molecule has 3 rings (SSSR count). The van der Waals surface area contributed by atoms with Crippen LogP contribution >= 0.6 is 0 Å². The normalized spacial score (nSPS) is 26.9. The van der Waals surface area contributed by atoms with Crippen LogP contribution in [0.25, 0.3) is 0 Å². The summed E-state index contributed by atoms with van der Waals surface area (Å²) in [4.78, 5) is 14.3. The number of benzene rings is 1. The minimum absolute atomic E-state index is 0.0168. The summed E-state index contributed by atoms with van der Waals surface area (Å²) in [6.45, 7) is 2.80. The van der Waals surface area contributed by atoms with Crippen molar-refractivity contribution in [1.29, 1.82) is 0 Å². The van der Waals surface area contributed by atoms with Crippen molar-refractivity contribution in [2.24, 2.45) is 5.92 Å². The van der Waals surface area contributed by atoms with Crippen LogP contribution in [0, 0.1) is 5.92 Å². The Hall–Kier alpha value is -1.75. The molecule has 1 aromatic carbocycles. The molecular weight excluding hydrogens is 280 g/mol. The molecule has 2 N–H and O–H groups in total. The fraction of sp³-hybridized carbons (Fsp3) is 0.588. The number of ether oxygens (including phenoxy) is 1. The highest BCUT2D eigenvalue weighted by molar-refractivity contribution is 5.90. The molecule has 0 spiro atoms. The van der Waals surface area contributed by atoms with Gasteiger partial charge in [0.25, 0.3) is 0 Å². The van der Waals surface area contributed by atoms with Gasteiger partial charge in [0.1, 0.15) is 5.75 Å². The van der Waals surface area contributed by atoms with Gasteiger partial charge in [-0.1, -0.05) is 13.0 Å². The molecule has 0 radical (unpaired) electrons. The second-order valence-corrected chi connectivity index (χ2v) is 6.19. The first kappa shape index (κ1) is 15.2. The van der Waals surface area contributed by atoms with E-state index in [0.717, 1.165) is 49.2 Å². The molecule has 1 heterocycles. The maximum atomic E-state index is 12.5. The van der Waals surface area contributed by atoms with E-state index in [1.807, 2.05) is 18.2 Å². The molecule has 0 bridgehead atoms. The zero-order chi connectivity index (χ0) is 15.7. The van der Waals surface area contributed by atoms with E-state index in [0.29, 0.717) is 5.92 Å². The lowest BCUT2D eigenvalue weighted by molar-refractivity contribution is 0.101. The molecule has 3 atom stereocenters. The van der Waals surface area contributed by atoms with Crippen molar-refractivity contribution in [3.8, 4) is 5.75 Å². The number of likely N-dealkylation sites (tertiary alicyclic amines) is 1. The number of nitrogens with zero attached hydrogens (tertiary/aromatic N) is 1. The number of aliphatic hydroxyl groups excluding tert-OH is 1. The lowest BCUT2D eigenvalue weighted by Gasteiger charge is -2.27. The van der Waals surface area contributed by atoms with Crippen LogP contribution in [0.5, 0.6) is 5.75 Å². The standard InChI is InChI=1S/C17H24N2O3/c1-3-11-4-6-13(10-15(11)22-2)18-17(21)19-9-8-12-5-7-14(20)16(12)19/h4,6,10,12,14,16,20H,3,5,7-9H2,1-2H3,(H,18,21)/t12-,14+,16+/m0/s1. The van der Waals surface area contributed by atoms with Crippen molar-refractivity contribution < 1.29 is 14.6 Å². The number of methoxy groups -OCH3 is 1. The highest BCUT2D eigenvalue weighted by atomic mass is 16.5. The molecule has 1 aromatic rings. The third-order valence-corrected chi connectivity index (χ3v) is 4.99. The van der Waals surface area contributed by atoms with Crippen LogP contribution in [0.4, 0.5) is 10.5 Å². The number of hydrogen-bond donors (Lipinski definition) is 2. The average Bonchev–Trinajstić information content (AvgIpc) is 3.10. The van der Waals surface area contributed by atoms with Gasteiger partial charge < -0.3 is 20.1 Å². The summed E-state index contributed by atoms with van der Waals surface area (Å²) in [5.74, 6) is 1.25. The summed E-state index contributed by atoms with van der Waals surface area (Å²) in [6.07, 6.45) is 3.33. The maximum Gasteiger partial charge on any atom is 0.322 e. The SMILES string of the molecule is CCc1ccc(NC(=O)N2CC[C@@H]3CC[C@@H](O)[C@@H]32)cc1OC. The first-order valence-corrected chi connectivity index (χ1v) is 8.06. The number of urea groups is 1. The molecule has 1 aliphatic heterocycles. The minimum Gasteiger partial charge on any atom is -0.496 e. The Morgan fingerprint density at radius 1 is 1.41 bits per heavy atom. The molecule has 5 nitrogen and oxygen atoms in total. The molecule has 22 heavy (non-hydrogen) atoms. The zero-order valence-electron chi connectivity index (χ0n) is 13.2. The van der Waals surface area contributed by atoms with E-state index < -0.39 is 0 Å². The van der Waals surface area contributed by atoms with E-state index in [2.05, 4.69) is 12.2 Å². The van der Waals surface area contributed by atoms with Crippen LogP contribution in [0.15, 0.2) is 18.2 Å². The Kier molecular flexibility index (Phi) is 4.25. The third-order valence-electron chi connectivity index (χ3n) is 4.99. The van der Waals surface area contributed by atoms with Gasteiger partial charge in [-0.3, -0.25) is 0 Å². The highest BCUT2D eigenvalue weighted by Gasteiger charge is 2.45. The smallest absolute Gasteiger partial charge is 0.322 e. The fourth-order valence-corrected chi connectivity index (χ4v) is 3.82. The van der Waals surface area contributed by atoms with Crippen molar-refractivity contribution >= 4 is 11.7 Å². The molecule has 1 saturated heterocycles. The molecule has 2 fully saturated rings. The Balaban J connectivity index is 1.72. The Labute approximate surface area is 131 Å². The molecule has 120 valence electrons. The summed E-state index contributed by atoms with van der Waals surface area (Å²) in [5.41, 5.74) is 1.85.